The predicted molar refractivity (Wildman–Crippen MR) is 95.3 cm³/mol. The molecule has 0 radical (unpaired) electrons. The van der Waals surface area contributed by atoms with Crippen LogP contribution in [0.3, 0.4) is 0 Å². The molecule has 26 heavy (non-hydrogen) atoms. The lowest BCUT2D eigenvalue weighted by Gasteiger charge is -2.36. The van der Waals surface area contributed by atoms with Crippen LogP contribution in [0.15, 0.2) is 24.3 Å². The number of nitrogens with one attached hydrogen (secondary N) is 2. The van der Waals surface area contributed by atoms with Crippen LogP contribution < -0.4 is 15.4 Å². The average Bonchev–Trinajstić information content (AvgIpc) is 2.62. The molecular weight excluding hydrogens is 339 g/mol. The fourth-order valence-electron chi connectivity index (χ4n) is 2.66. The molecule has 6 nitrogen and oxygen atoms in total. The lowest BCUT2D eigenvalue weighted by Crippen LogP contribution is -2.54. The number of ether oxygens (including phenoxy) is 2. The standard InChI is InChI=1S/C19H27FN2O4/c1-14(2)13-22-17(23)7-10-21-18(24)19(8-11-25-12-9-19)26-16-5-3-15(20)4-6-16/h3-6,14H,7-13H2,1-2H3,(H,21,24)(H,22,23). The van der Waals surface area contributed by atoms with Gasteiger partial charge >= 0.3 is 0 Å². The summed E-state index contributed by atoms with van der Waals surface area (Å²) in [4.78, 5) is 24.5. The molecule has 1 aliphatic heterocycles. The summed E-state index contributed by atoms with van der Waals surface area (Å²) in [6.07, 6.45) is 1.01. The van der Waals surface area contributed by atoms with E-state index < -0.39 is 5.60 Å². The van der Waals surface area contributed by atoms with E-state index in [0.717, 1.165) is 0 Å². The number of hydrogen-bond donors (Lipinski definition) is 2. The van der Waals surface area contributed by atoms with E-state index in [4.69, 9.17) is 9.47 Å². The third-order valence-corrected chi connectivity index (χ3v) is 4.19. The normalized spacial score (nSPS) is 16.2. The molecule has 0 unspecified atom stereocenters. The van der Waals surface area contributed by atoms with Crippen LogP contribution in [0.2, 0.25) is 0 Å². The quantitative estimate of drug-likeness (QED) is 0.738. The zero-order valence-electron chi connectivity index (χ0n) is 15.3. The number of carbonyl (C=O) groups is 2. The van der Waals surface area contributed by atoms with Gasteiger partial charge in [-0.3, -0.25) is 9.59 Å². The second kappa shape index (κ2) is 9.52. The third kappa shape index (κ3) is 5.98. The second-order valence-electron chi connectivity index (χ2n) is 6.87. The molecule has 0 aliphatic carbocycles. The number of rotatable bonds is 8. The van der Waals surface area contributed by atoms with Crippen LogP contribution in [0.25, 0.3) is 0 Å². The summed E-state index contributed by atoms with van der Waals surface area (Å²) in [5.41, 5.74) is -1.06. The van der Waals surface area contributed by atoms with Crippen molar-refractivity contribution in [2.45, 2.75) is 38.7 Å². The molecule has 0 saturated carbocycles. The molecule has 2 amide bonds. The first kappa shape index (κ1) is 20.2. The summed E-state index contributed by atoms with van der Waals surface area (Å²) in [5.74, 6) is 0.0674. The Morgan fingerprint density at radius 2 is 1.85 bits per heavy atom. The molecule has 1 aliphatic rings. The van der Waals surface area contributed by atoms with E-state index in [9.17, 15) is 14.0 Å². The Morgan fingerprint density at radius 1 is 1.19 bits per heavy atom. The summed E-state index contributed by atoms with van der Waals surface area (Å²) in [6, 6.07) is 5.58. The number of halogens is 1. The maximum absolute atomic E-state index is 13.1. The highest BCUT2D eigenvalue weighted by Gasteiger charge is 2.42. The maximum atomic E-state index is 13.1. The summed E-state index contributed by atoms with van der Waals surface area (Å²) >= 11 is 0. The molecule has 144 valence electrons. The molecule has 1 aromatic carbocycles. The van der Waals surface area contributed by atoms with Gasteiger partial charge in [0.1, 0.15) is 11.6 Å². The average molecular weight is 366 g/mol. The number of amides is 2. The Kier molecular flexibility index (Phi) is 7.38. The van der Waals surface area contributed by atoms with Gasteiger partial charge in [0.2, 0.25) is 5.91 Å². The van der Waals surface area contributed by atoms with Gasteiger partial charge in [0.25, 0.3) is 5.91 Å². The van der Waals surface area contributed by atoms with Crippen LogP contribution in [0.1, 0.15) is 33.1 Å². The van der Waals surface area contributed by atoms with Gasteiger partial charge in [-0.05, 0) is 30.2 Å². The minimum atomic E-state index is -1.06. The SMILES string of the molecule is CC(C)CNC(=O)CCNC(=O)C1(Oc2ccc(F)cc2)CCOCC1. The number of hydrogen-bond acceptors (Lipinski definition) is 4. The van der Waals surface area contributed by atoms with Gasteiger partial charge in [0.05, 0.1) is 13.2 Å². The Balaban J connectivity index is 1.92. The predicted octanol–water partition coefficient (Wildman–Crippen LogP) is 2.03. The number of carbonyl (C=O) groups excluding carboxylic acids is 2. The van der Waals surface area contributed by atoms with Crippen molar-refractivity contribution < 1.29 is 23.5 Å². The lowest BCUT2D eigenvalue weighted by molar-refractivity contribution is -0.145. The van der Waals surface area contributed by atoms with Gasteiger partial charge < -0.3 is 20.1 Å². The molecular formula is C19H27FN2O4. The van der Waals surface area contributed by atoms with Crippen molar-refractivity contribution in [2.24, 2.45) is 5.92 Å². The van der Waals surface area contributed by atoms with Crippen molar-refractivity contribution in [3.63, 3.8) is 0 Å². The van der Waals surface area contributed by atoms with Crippen molar-refractivity contribution in [1.82, 2.24) is 10.6 Å². The van der Waals surface area contributed by atoms with Crippen molar-refractivity contribution in [3.8, 4) is 5.75 Å². The maximum Gasteiger partial charge on any atom is 0.264 e. The van der Waals surface area contributed by atoms with E-state index in [-0.39, 0.29) is 30.6 Å². The van der Waals surface area contributed by atoms with E-state index in [1.807, 2.05) is 13.8 Å². The van der Waals surface area contributed by atoms with Crippen LogP contribution in [-0.2, 0) is 14.3 Å². The summed E-state index contributed by atoms with van der Waals surface area (Å²) < 4.78 is 24.4. The fourth-order valence-corrected chi connectivity index (χ4v) is 2.66. The van der Waals surface area contributed by atoms with Crippen molar-refractivity contribution in [1.29, 1.82) is 0 Å². The Morgan fingerprint density at radius 3 is 2.46 bits per heavy atom. The van der Waals surface area contributed by atoms with E-state index in [1.165, 1.54) is 24.3 Å². The first-order valence-electron chi connectivity index (χ1n) is 8.98. The van der Waals surface area contributed by atoms with Crippen LogP contribution in [0.5, 0.6) is 5.75 Å². The molecule has 1 saturated heterocycles. The van der Waals surface area contributed by atoms with E-state index in [2.05, 4.69) is 10.6 Å². The van der Waals surface area contributed by atoms with Crippen LogP contribution in [0, 0.1) is 11.7 Å². The van der Waals surface area contributed by atoms with Crippen LogP contribution in [0.4, 0.5) is 4.39 Å². The van der Waals surface area contributed by atoms with Gasteiger partial charge in [-0.1, -0.05) is 13.8 Å². The summed E-state index contributed by atoms with van der Waals surface area (Å²) in [6.45, 7) is 5.69. The highest BCUT2D eigenvalue weighted by atomic mass is 19.1. The van der Waals surface area contributed by atoms with E-state index >= 15 is 0 Å². The molecule has 1 heterocycles. The lowest BCUT2D eigenvalue weighted by atomic mass is 9.92. The van der Waals surface area contributed by atoms with Crippen molar-refractivity contribution in [2.75, 3.05) is 26.3 Å². The van der Waals surface area contributed by atoms with Gasteiger partial charge in [-0.15, -0.1) is 0 Å². The Labute approximate surface area is 153 Å². The molecule has 0 spiro atoms. The summed E-state index contributed by atoms with van der Waals surface area (Å²) in [5, 5.41) is 5.60. The van der Waals surface area contributed by atoms with Gasteiger partial charge in [0, 0.05) is 32.4 Å². The highest BCUT2D eigenvalue weighted by molar-refractivity contribution is 5.86. The third-order valence-electron chi connectivity index (χ3n) is 4.19. The van der Waals surface area contributed by atoms with Gasteiger partial charge in [-0.2, -0.15) is 0 Å². The molecule has 0 bridgehead atoms. The Hall–Kier alpha value is -2.15. The highest BCUT2D eigenvalue weighted by Crippen LogP contribution is 2.28. The molecule has 0 aromatic heterocycles. The topological polar surface area (TPSA) is 76.7 Å². The van der Waals surface area contributed by atoms with Gasteiger partial charge in [0.15, 0.2) is 5.60 Å². The summed E-state index contributed by atoms with van der Waals surface area (Å²) in [7, 11) is 0. The fraction of sp³-hybridized carbons (Fsp3) is 0.579. The molecule has 0 atom stereocenters. The minimum absolute atomic E-state index is 0.0977. The zero-order valence-corrected chi connectivity index (χ0v) is 15.3. The Bertz CT molecular complexity index is 598. The number of benzene rings is 1. The molecule has 2 rings (SSSR count). The molecule has 2 N–H and O–H groups in total. The van der Waals surface area contributed by atoms with Crippen LogP contribution >= 0.6 is 0 Å². The molecule has 7 heteroatoms. The molecule has 1 fully saturated rings. The first-order chi connectivity index (χ1) is 12.4. The van der Waals surface area contributed by atoms with Crippen molar-refractivity contribution in [3.05, 3.63) is 30.1 Å². The van der Waals surface area contributed by atoms with Gasteiger partial charge in [-0.25, -0.2) is 4.39 Å². The largest absolute Gasteiger partial charge is 0.477 e. The second-order valence-corrected chi connectivity index (χ2v) is 6.87. The van der Waals surface area contributed by atoms with Crippen LogP contribution in [-0.4, -0.2) is 43.7 Å². The van der Waals surface area contributed by atoms with E-state index in [1.54, 1.807) is 0 Å². The zero-order chi connectivity index (χ0) is 19.0. The molecule has 1 aromatic rings. The van der Waals surface area contributed by atoms with Crippen molar-refractivity contribution >= 4 is 11.8 Å². The monoisotopic (exact) mass is 366 g/mol. The smallest absolute Gasteiger partial charge is 0.264 e. The minimum Gasteiger partial charge on any atom is -0.477 e. The first-order valence-corrected chi connectivity index (χ1v) is 8.98. The van der Waals surface area contributed by atoms with E-state index in [0.29, 0.717) is 44.3 Å².